The number of rotatable bonds is 8. The zero-order valence-electron chi connectivity index (χ0n) is 14.2. The summed E-state index contributed by atoms with van der Waals surface area (Å²) in [7, 11) is 0. The van der Waals surface area contributed by atoms with Crippen LogP contribution in [0.3, 0.4) is 0 Å². The lowest BCUT2D eigenvalue weighted by atomic mass is 10.2. The number of cyclic esters (lactones) is 1. The third kappa shape index (κ3) is 6.15. The molecule has 2 rings (SSSR count). The number of piperazine rings is 1. The molecule has 2 heterocycles. The van der Waals surface area contributed by atoms with Gasteiger partial charge in [0.05, 0.1) is 6.61 Å². The van der Waals surface area contributed by atoms with Crippen LogP contribution in [0.2, 0.25) is 0 Å². The molecule has 2 fully saturated rings. The number of ether oxygens (including phenoxy) is 1. The van der Waals surface area contributed by atoms with Gasteiger partial charge in [0.15, 0.2) is 0 Å². The summed E-state index contributed by atoms with van der Waals surface area (Å²) >= 11 is -3.52. The molecule has 5 nitrogen and oxygen atoms in total. The first-order chi connectivity index (χ1) is 13.2. The number of hydrogen-bond donors (Lipinski definition) is 1. The summed E-state index contributed by atoms with van der Waals surface area (Å²) in [6.07, 6.45) is 0.395. The fourth-order valence-corrected chi connectivity index (χ4v) is 4.69. The minimum Gasteiger partial charge on any atom is -0.464 e. The maximum Gasteiger partial charge on any atom is 0.456 e. The van der Waals surface area contributed by atoms with E-state index < -0.39 is 69.8 Å². The summed E-state index contributed by atoms with van der Waals surface area (Å²) in [6, 6.07) is -0.568. The second kappa shape index (κ2) is 9.10. The number of hydrogen-bond acceptors (Lipinski definition) is 8. The lowest BCUT2D eigenvalue weighted by Gasteiger charge is -2.39. The first-order valence-corrected chi connectivity index (χ1v) is 10.2. The van der Waals surface area contributed by atoms with Gasteiger partial charge in [0, 0.05) is 68.4 Å². The smallest absolute Gasteiger partial charge is 0.456 e. The number of carbonyl (C=O) groups excluding carboxylic acids is 1. The van der Waals surface area contributed by atoms with Crippen molar-refractivity contribution in [2.75, 3.05) is 32.8 Å². The van der Waals surface area contributed by atoms with Crippen LogP contribution in [0, 0.1) is 0 Å². The van der Waals surface area contributed by atoms with Gasteiger partial charge in [-0.2, -0.15) is 43.6 Å². The molecule has 2 aliphatic heterocycles. The van der Waals surface area contributed by atoms with Gasteiger partial charge in [-0.1, -0.05) is 0 Å². The second-order valence-corrected chi connectivity index (χ2v) is 9.13. The van der Waals surface area contributed by atoms with Gasteiger partial charge in [0.25, 0.3) is 0 Å². The molecule has 170 valence electrons. The van der Waals surface area contributed by atoms with Crippen molar-refractivity contribution in [3.8, 4) is 0 Å². The molecule has 0 amide bonds. The summed E-state index contributed by atoms with van der Waals surface area (Å²) < 4.78 is 125. The van der Waals surface area contributed by atoms with Crippen molar-refractivity contribution >= 4 is 41.8 Å². The van der Waals surface area contributed by atoms with Crippen molar-refractivity contribution in [3.05, 3.63) is 0 Å². The van der Waals surface area contributed by atoms with Crippen LogP contribution in [0.15, 0.2) is 0 Å². The van der Waals surface area contributed by atoms with Crippen LogP contribution in [0.5, 0.6) is 0 Å². The van der Waals surface area contributed by atoms with E-state index in [1.165, 1.54) is 0 Å². The van der Waals surface area contributed by atoms with Gasteiger partial charge in [0.2, 0.25) is 0 Å². The first-order valence-electron chi connectivity index (χ1n) is 7.82. The van der Waals surface area contributed by atoms with E-state index >= 15 is 0 Å². The normalized spacial score (nSPS) is 23.5. The summed E-state index contributed by atoms with van der Waals surface area (Å²) in [4.78, 5) is 13.1. The Morgan fingerprint density at radius 2 is 1.48 bits per heavy atom. The molecule has 17 heteroatoms. The molecular formula is C12H14F9N3O2S3. The molecule has 29 heavy (non-hydrogen) atoms. The van der Waals surface area contributed by atoms with Gasteiger partial charge in [0.1, 0.15) is 6.04 Å². The Labute approximate surface area is 171 Å². The average molecular weight is 499 g/mol. The van der Waals surface area contributed by atoms with Crippen molar-refractivity contribution in [2.24, 2.45) is 0 Å². The Morgan fingerprint density at radius 1 is 0.897 bits per heavy atom. The number of nitrogens with one attached hydrogen (secondary N) is 1. The van der Waals surface area contributed by atoms with E-state index in [1.807, 2.05) is 0 Å². The fraction of sp³-hybridized carbons (Fsp3) is 0.917. The highest BCUT2D eigenvalue weighted by molar-refractivity contribution is 8.13. The number of nitrogens with zero attached hydrogens (tertiary/aromatic N) is 2. The van der Waals surface area contributed by atoms with Gasteiger partial charge in [-0.15, -0.1) is 0 Å². The van der Waals surface area contributed by atoms with E-state index in [9.17, 15) is 44.3 Å². The van der Waals surface area contributed by atoms with Crippen LogP contribution in [-0.2, 0) is 9.53 Å². The predicted octanol–water partition coefficient (Wildman–Crippen LogP) is 3.79. The fourth-order valence-electron chi connectivity index (χ4n) is 2.50. The molecule has 0 aromatic heterocycles. The Balaban J connectivity index is 1.92. The maximum atomic E-state index is 13.9. The largest absolute Gasteiger partial charge is 0.464 e. The maximum absolute atomic E-state index is 13.9. The molecule has 1 atom stereocenters. The molecule has 0 aromatic rings. The van der Waals surface area contributed by atoms with Crippen LogP contribution in [0.1, 0.15) is 6.42 Å². The average Bonchev–Trinajstić information content (AvgIpc) is 2.99. The molecule has 0 aliphatic carbocycles. The number of carbonyl (C=O) groups is 1. The van der Waals surface area contributed by atoms with Crippen molar-refractivity contribution in [1.82, 2.24) is 13.3 Å². The van der Waals surface area contributed by atoms with Crippen LogP contribution in [0.4, 0.5) is 39.5 Å². The van der Waals surface area contributed by atoms with Crippen LogP contribution >= 0.6 is 35.8 Å². The summed E-state index contributed by atoms with van der Waals surface area (Å²) in [5, 5.41) is -10.8. The molecular weight excluding hydrogens is 485 g/mol. The molecule has 0 radical (unpaired) electrons. The van der Waals surface area contributed by atoms with Gasteiger partial charge < -0.3 is 4.74 Å². The molecule has 2 saturated heterocycles. The first kappa shape index (κ1) is 25.0. The third-order valence-electron chi connectivity index (χ3n) is 3.92. The molecule has 0 bridgehead atoms. The lowest BCUT2D eigenvalue weighted by molar-refractivity contribution is -0.238. The Hall–Kier alpha value is -0.230. The Morgan fingerprint density at radius 3 is 1.97 bits per heavy atom. The summed E-state index contributed by atoms with van der Waals surface area (Å²) in [5.74, 6) is -6.44. The molecule has 0 spiro atoms. The minimum atomic E-state index is -5.96. The van der Waals surface area contributed by atoms with E-state index in [-0.39, 0.29) is 32.8 Å². The van der Waals surface area contributed by atoms with Gasteiger partial charge in [-0.3, -0.25) is 9.69 Å². The Kier molecular flexibility index (Phi) is 7.85. The van der Waals surface area contributed by atoms with Crippen molar-refractivity contribution in [2.45, 2.75) is 34.4 Å². The van der Waals surface area contributed by atoms with Gasteiger partial charge >= 0.3 is 27.9 Å². The van der Waals surface area contributed by atoms with Crippen molar-refractivity contribution in [3.63, 3.8) is 0 Å². The standard InChI is InChI=1S/C12H14F9N3O2S3/c13-9(14,10(15,16)27-22-28-12(19,20)21)11(17,18)29-24-4-2-23(3-5-24)7-1-6-26-8(7)25/h7,22H,1-6H2. The summed E-state index contributed by atoms with van der Waals surface area (Å²) in [5.41, 5.74) is -5.07. The van der Waals surface area contributed by atoms with E-state index in [0.29, 0.717) is 6.42 Å². The second-order valence-electron chi connectivity index (χ2n) is 5.87. The number of alkyl halides is 9. The minimum absolute atomic E-state index is 0.0450. The van der Waals surface area contributed by atoms with Crippen molar-refractivity contribution in [1.29, 1.82) is 0 Å². The van der Waals surface area contributed by atoms with Gasteiger partial charge in [-0.05, 0) is 0 Å². The van der Waals surface area contributed by atoms with E-state index in [4.69, 9.17) is 4.74 Å². The quantitative estimate of drug-likeness (QED) is 0.308. The van der Waals surface area contributed by atoms with E-state index in [2.05, 4.69) is 0 Å². The molecule has 0 aromatic carbocycles. The van der Waals surface area contributed by atoms with Crippen LogP contribution in [-0.4, -0.2) is 75.9 Å². The van der Waals surface area contributed by atoms with Gasteiger partial charge in [-0.25, -0.2) is 4.31 Å². The van der Waals surface area contributed by atoms with E-state index in [1.54, 1.807) is 4.90 Å². The highest BCUT2D eigenvalue weighted by Gasteiger charge is 2.73. The number of halogens is 9. The molecule has 0 saturated carbocycles. The van der Waals surface area contributed by atoms with Crippen molar-refractivity contribution < 1.29 is 49.0 Å². The zero-order chi connectivity index (χ0) is 22.1. The molecule has 2 aliphatic rings. The highest BCUT2D eigenvalue weighted by atomic mass is 32.2. The lowest BCUT2D eigenvalue weighted by Crippen LogP contribution is -2.55. The van der Waals surface area contributed by atoms with Crippen LogP contribution < -0.4 is 4.13 Å². The summed E-state index contributed by atoms with van der Waals surface area (Å²) in [6.45, 7) is -0.148. The zero-order valence-corrected chi connectivity index (χ0v) is 16.6. The molecule has 1 unspecified atom stereocenters. The SMILES string of the molecule is O=C1OCCC1N1CCN(SC(F)(F)C(F)(F)C(F)(F)SNSC(F)(F)F)CC1. The number of esters is 1. The van der Waals surface area contributed by atoms with Crippen LogP contribution in [0.25, 0.3) is 0 Å². The topological polar surface area (TPSA) is 44.8 Å². The monoisotopic (exact) mass is 499 g/mol. The molecule has 1 N–H and O–H groups in total. The third-order valence-corrected chi connectivity index (χ3v) is 6.44. The highest BCUT2D eigenvalue weighted by Crippen LogP contribution is 2.56. The predicted molar refractivity (Wildman–Crippen MR) is 89.3 cm³/mol. The Bertz CT molecular complexity index is 589. The van der Waals surface area contributed by atoms with E-state index in [0.717, 1.165) is 8.43 Å².